The number of hydrogen-bond donors (Lipinski definition) is 2. The van der Waals surface area contributed by atoms with Crippen LogP contribution in [0.1, 0.15) is 61.5 Å². The summed E-state index contributed by atoms with van der Waals surface area (Å²) >= 11 is 0. The summed E-state index contributed by atoms with van der Waals surface area (Å²) in [6.07, 6.45) is 2.74. The highest BCUT2D eigenvalue weighted by Crippen LogP contribution is 2.43. The van der Waals surface area contributed by atoms with E-state index in [1.54, 1.807) is 18.3 Å². The van der Waals surface area contributed by atoms with E-state index in [9.17, 15) is 9.90 Å². The number of nitrogens with zero attached hydrogens (tertiary/aromatic N) is 2. The molecule has 1 aliphatic heterocycles. The van der Waals surface area contributed by atoms with Crippen LogP contribution in [-0.4, -0.2) is 29.3 Å². The summed E-state index contributed by atoms with van der Waals surface area (Å²) in [7, 11) is 0. The molecule has 3 aromatic rings. The largest absolute Gasteiger partial charge is 0.507 e. The van der Waals surface area contributed by atoms with Gasteiger partial charge in [-0.25, -0.2) is 5.43 Å². The molecule has 5 nitrogen and oxygen atoms in total. The van der Waals surface area contributed by atoms with Gasteiger partial charge in [0.2, 0.25) is 0 Å². The van der Waals surface area contributed by atoms with Crippen LogP contribution in [0.5, 0.6) is 5.75 Å². The molecule has 2 N–H and O–H groups in total. The molecule has 4 rings (SSSR count). The van der Waals surface area contributed by atoms with Crippen molar-refractivity contribution in [2.24, 2.45) is 5.10 Å². The number of benzene rings is 3. The van der Waals surface area contributed by atoms with Gasteiger partial charge in [-0.3, -0.25) is 4.79 Å². The fourth-order valence-electron chi connectivity index (χ4n) is 4.82. The molecule has 1 heterocycles. The minimum Gasteiger partial charge on any atom is -0.507 e. The van der Waals surface area contributed by atoms with Gasteiger partial charge in [-0.1, -0.05) is 37.3 Å². The number of anilines is 1. The summed E-state index contributed by atoms with van der Waals surface area (Å²) < 4.78 is 0. The van der Waals surface area contributed by atoms with Gasteiger partial charge >= 0.3 is 0 Å². The Morgan fingerprint density at radius 1 is 1.19 bits per heavy atom. The molecule has 0 bridgehead atoms. The first-order valence-electron chi connectivity index (χ1n) is 10.8. The number of phenols is 1. The lowest BCUT2D eigenvalue weighted by Crippen LogP contribution is -2.48. The molecule has 31 heavy (non-hydrogen) atoms. The van der Waals surface area contributed by atoms with Gasteiger partial charge in [-0.2, -0.15) is 5.10 Å². The Labute approximate surface area is 183 Å². The minimum atomic E-state index is -0.440. The average Bonchev–Trinajstić information content (AvgIpc) is 2.73. The van der Waals surface area contributed by atoms with Crippen LogP contribution in [0.2, 0.25) is 0 Å². The monoisotopic (exact) mass is 415 g/mol. The summed E-state index contributed by atoms with van der Waals surface area (Å²) in [5.74, 6) is -0.0497. The van der Waals surface area contributed by atoms with E-state index in [0.29, 0.717) is 5.92 Å². The number of aromatic hydroxyl groups is 1. The molecule has 0 radical (unpaired) electrons. The van der Waals surface area contributed by atoms with E-state index < -0.39 is 5.91 Å². The highest BCUT2D eigenvalue weighted by Gasteiger charge is 2.35. The second-order valence-corrected chi connectivity index (χ2v) is 8.90. The van der Waals surface area contributed by atoms with Gasteiger partial charge in [0.15, 0.2) is 0 Å². The van der Waals surface area contributed by atoms with Gasteiger partial charge in [0.25, 0.3) is 5.91 Å². The summed E-state index contributed by atoms with van der Waals surface area (Å²) in [5, 5.41) is 16.1. The Morgan fingerprint density at radius 3 is 2.61 bits per heavy atom. The van der Waals surface area contributed by atoms with Gasteiger partial charge in [0.05, 0.1) is 11.8 Å². The number of amides is 1. The van der Waals surface area contributed by atoms with Crippen molar-refractivity contribution in [3.63, 3.8) is 0 Å². The lowest BCUT2D eigenvalue weighted by molar-refractivity contribution is 0.0952. The quantitative estimate of drug-likeness (QED) is 0.442. The smallest absolute Gasteiger partial charge is 0.275 e. The van der Waals surface area contributed by atoms with E-state index in [1.807, 2.05) is 30.3 Å². The number of hydrazone groups is 1. The topological polar surface area (TPSA) is 64.9 Å². The second-order valence-electron chi connectivity index (χ2n) is 8.90. The van der Waals surface area contributed by atoms with Crippen molar-refractivity contribution >= 4 is 28.6 Å². The van der Waals surface area contributed by atoms with E-state index in [4.69, 9.17) is 0 Å². The molecular formula is C26H29N3O2. The predicted molar refractivity (Wildman–Crippen MR) is 127 cm³/mol. The van der Waals surface area contributed by atoms with Crippen LogP contribution in [-0.2, 0) is 0 Å². The van der Waals surface area contributed by atoms with Crippen molar-refractivity contribution < 1.29 is 9.90 Å². The van der Waals surface area contributed by atoms with Gasteiger partial charge in [-0.15, -0.1) is 0 Å². The number of rotatable bonds is 4. The molecule has 1 aliphatic rings. The van der Waals surface area contributed by atoms with Gasteiger partial charge < -0.3 is 10.0 Å². The summed E-state index contributed by atoms with van der Waals surface area (Å²) in [6, 6.07) is 17.2. The van der Waals surface area contributed by atoms with E-state index in [1.165, 1.54) is 11.3 Å². The molecule has 1 atom stereocenters. The molecule has 160 valence electrons. The fourth-order valence-corrected chi connectivity index (χ4v) is 4.82. The number of carbonyl (C=O) groups excluding carboxylic acids is 1. The van der Waals surface area contributed by atoms with Crippen LogP contribution in [0, 0.1) is 0 Å². The van der Waals surface area contributed by atoms with Crippen LogP contribution >= 0.6 is 0 Å². The lowest BCUT2D eigenvalue weighted by Gasteiger charge is -2.47. The van der Waals surface area contributed by atoms with E-state index >= 15 is 0 Å². The van der Waals surface area contributed by atoms with Gasteiger partial charge in [-0.05, 0) is 79.3 Å². The Kier molecular flexibility index (Phi) is 5.44. The van der Waals surface area contributed by atoms with Crippen LogP contribution in [0.25, 0.3) is 10.8 Å². The SMILES string of the molecule is CCN1c2ccc(/C=N/NC(=O)c3cc4ccccc4cc3O)cc2C(C)CC1(C)C. The average molecular weight is 416 g/mol. The number of nitrogens with one attached hydrogen (secondary N) is 1. The highest BCUT2D eigenvalue weighted by atomic mass is 16.3. The normalized spacial score (nSPS) is 17.7. The molecule has 0 aromatic heterocycles. The van der Waals surface area contributed by atoms with E-state index in [-0.39, 0.29) is 16.9 Å². The highest BCUT2D eigenvalue weighted by molar-refractivity contribution is 6.01. The number of carbonyl (C=O) groups is 1. The molecule has 1 unspecified atom stereocenters. The Hall–Kier alpha value is -3.34. The van der Waals surface area contributed by atoms with Crippen LogP contribution in [0.4, 0.5) is 5.69 Å². The molecule has 0 fully saturated rings. The van der Waals surface area contributed by atoms with E-state index in [2.05, 4.69) is 55.3 Å². The third kappa shape index (κ3) is 4.00. The molecule has 1 amide bonds. The van der Waals surface area contributed by atoms with Crippen molar-refractivity contribution in [2.75, 3.05) is 11.4 Å². The van der Waals surface area contributed by atoms with Crippen molar-refractivity contribution in [2.45, 2.75) is 45.6 Å². The fraction of sp³-hybridized carbons (Fsp3) is 0.308. The zero-order chi connectivity index (χ0) is 22.2. The van der Waals surface area contributed by atoms with Crippen molar-refractivity contribution in [1.29, 1.82) is 0 Å². The Bertz CT molecular complexity index is 1170. The van der Waals surface area contributed by atoms with Gasteiger partial charge in [0.1, 0.15) is 5.75 Å². The third-order valence-electron chi connectivity index (χ3n) is 6.21. The lowest BCUT2D eigenvalue weighted by atomic mass is 9.79. The maximum atomic E-state index is 12.5. The summed E-state index contributed by atoms with van der Waals surface area (Å²) in [6.45, 7) is 10.0. The number of fused-ring (bicyclic) bond motifs is 2. The predicted octanol–water partition coefficient (Wildman–Crippen LogP) is 5.42. The van der Waals surface area contributed by atoms with Crippen LogP contribution < -0.4 is 10.3 Å². The first-order chi connectivity index (χ1) is 14.8. The first kappa shape index (κ1) is 20.9. The summed E-state index contributed by atoms with van der Waals surface area (Å²) in [5.41, 5.74) is 6.39. The van der Waals surface area contributed by atoms with Crippen molar-refractivity contribution in [3.05, 3.63) is 71.3 Å². The summed E-state index contributed by atoms with van der Waals surface area (Å²) in [4.78, 5) is 15.0. The molecule has 0 aliphatic carbocycles. The second kappa shape index (κ2) is 8.06. The Balaban J connectivity index is 1.53. The van der Waals surface area contributed by atoms with Crippen molar-refractivity contribution in [1.82, 2.24) is 5.43 Å². The van der Waals surface area contributed by atoms with Crippen LogP contribution in [0.15, 0.2) is 59.7 Å². The zero-order valence-electron chi connectivity index (χ0n) is 18.5. The molecule has 3 aromatic carbocycles. The van der Waals surface area contributed by atoms with Crippen molar-refractivity contribution in [3.8, 4) is 5.75 Å². The molecular weight excluding hydrogens is 386 g/mol. The number of hydrogen-bond acceptors (Lipinski definition) is 4. The zero-order valence-corrected chi connectivity index (χ0v) is 18.5. The maximum Gasteiger partial charge on any atom is 0.275 e. The molecule has 0 saturated carbocycles. The maximum absolute atomic E-state index is 12.5. The van der Waals surface area contributed by atoms with Gasteiger partial charge in [0, 0.05) is 17.8 Å². The van der Waals surface area contributed by atoms with E-state index in [0.717, 1.165) is 29.3 Å². The first-order valence-corrected chi connectivity index (χ1v) is 10.8. The standard InChI is InChI=1S/C26H29N3O2/c1-5-29-23-11-10-18(12-21(23)17(2)15-26(29,3)4)16-27-28-25(31)22-13-19-8-6-7-9-20(19)14-24(22)30/h6-14,16-17,30H,5,15H2,1-4H3,(H,28,31)/b27-16+. The Morgan fingerprint density at radius 2 is 1.90 bits per heavy atom. The minimum absolute atomic E-state index is 0.0590. The molecule has 0 spiro atoms. The molecule has 5 heteroatoms. The third-order valence-corrected chi connectivity index (χ3v) is 6.21. The number of phenolic OH excluding ortho intramolecular Hbond substituents is 1. The van der Waals surface area contributed by atoms with Crippen LogP contribution in [0.3, 0.4) is 0 Å². The molecule has 0 saturated heterocycles.